The van der Waals surface area contributed by atoms with Gasteiger partial charge in [-0.1, -0.05) is 23.8 Å². The Kier molecular flexibility index (Phi) is 3.35. The van der Waals surface area contributed by atoms with Crippen LogP contribution >= 0.6 is 11.6 Å². The number of alkyl halides is 3. The minimum Gasteiger partial charge on any atom is -0.393 e. The number of carbonyl (C=O) groups is 2. The fraction of sp³-hybridized carbons (Fsp3) is 0.375. The summed E-state index contributed by atoms with van der Waals surface area (Å²) in [5.74, 6) is -3.26. The fourth-order valence-corrected chi connectivity index (χ4v) is 3.98. The van der Waals surface area contributed by atoms with E-state index in [1.54, 1.807) is 6.08 Å². The molecule has 0 spiro atoms. The maximum atomic E-state index is 13.0. The number of carbonyl (C=O) groups excluding carboxylic acids is 2. The average molecular weight is 374 g/mol. The lowest BCUT2D eigenvalue weighted by Crippen LogP contribution is -2.43. The Morgan fingerprint density at radius 2 is 2.00 bits per heavy atom. The second-order valence-corrected chi connectivity index (χ2v) is 6.64. The molecule has 1 aromatic carbocycles. The van der Waals surface area contributed by atoms with Gasteiger partial charge in [0.05, 0.1) is 40.8 Å². The van der Waals surface area contributed by atoms with Gasteiger partial charge in [-0.25, -0.2) is 4.90 Å². The highest BCUT2D eigenvalue weighted by Gasteiger charge is 2.67. The molecule has 3 aliphatic rings. The quantitative estimate of drug-likeness (QED) is 0.637. The number of aliphatic hydroxyl groups is 1. The van der Waals surface area contributed by atoms with E-state index in [2.05, 4.69) is 0 Å². The molecule has 0 unspecified atom stereocenters. The Morgan fingerprint density at radius 1 is 1.28 bits per heavy atom. The van der Waals surface area contributed by atoms with Crippen LogP contribution in [0.3, 0.4) is 0 Å². The summed E-state index contributed by atoms with van der Waals surface area (Å²) in [6.07, 6.45) is -2.22. The van der Waals surface area contributed by atoms with Gasteiger partial charge >= 0.3 is 6.18 Å². The van der Waals surface area contributed by atoms with Crippen molar-refractivity contribution in [3.8, 4) is 0 Å². The number of fused-ring (bicyclic) bond motifs is 5. The van der Waals surface area contributed by atoms with Crippen molar-refractivity contribution in [2.75, 3.05) is 11.5 Å². The van der Waals surface area contributed by atoms with Gasteiger partial charge in [-0.2, -0.15) is 13.2 Å². The van der Waals surface area contributed by atoms with Gasteiger partial charge in [-0.15, -0.1) is 0 Å². The summed E-state index contributed by atoms with van der Waals surface area (Å²) in [5, 5.41) is 9.48. The van der Waals surface area contributed by atoms with Crippen molar-refractivity contribution in [3.05, 3.63) is 40.9 Å². The summed E-state index contributed by atoms with van der Waals surface area (Å²) in [6.45, 7) is -0.510. The molecule has 2 bridgehead atoms. The Balaban J connectivity index is 1.79. The summed E-state index contributed by atoms with van der Waals surface area (Å²) in [7, 11) is 0. The lowest BCUT2D eigenvalue weighted by molar-refractivity contribution is -0.137. The van der Waals surface area contributed by atoms with Crippen LogP contribution < -0.4 is 4.90 Å². The summed E-state index contributed by atoms with van der Waals surface area (Å²) in [6, 6.07) is 2.46. The van der Waals surface area contributed by atoms with Crippen LogP contribution in [0, 0.1) is 11.8 Å². The van der Waals surface area contributed by atoms with E-state index < -0.39 is 53.7 Å². The number of hydrogen-bond acceptors (Lipinski definition) is 4. The molecule has 2 fully saturated rings. The van der Waals surface area contributed by atoms with Crippen LogP contribution in [0.15, 0.2) is 30.4 Å². The molecular formula is C16H11ClF3NO4. The van der Waals surface area contributed by atoms with Crippen LogP contribution in [0.4, 0.5) is 18.9 Å². The third-order valence-corrected chi connectivity index (χ3v) is 5.24. The van der Waals surface area contributed by atoms with Crippen LogP contribution in [0.2, 0.25) is 5.02 Å². The molecule has 5 nitrogen and oxygen atoms in total. The van der Waals surface area contributed by atoms with Crippen molar-refractivity contribution >= 4 is 29.1 Å². The number of nitrogens with zero attached hydrogens (tertiary/aromatic N) is 1. The van der Waals surface area contributed by atoms with Crippen molar-refractivity contribution in [3.63, 3.8) is 0 Å². The Hall–Kier alpha value is -1.90. The van der Waals surface area contributed by atoms with E-state index in [1.807, 2.05) is 0 Å². The van der Waals surface area contributed by atoms with Gasteiger partial charge in [0, 0.05) is 0 Å². The molecule has 0 aliphatic carbocycles. The first-order chi connectivity index (χ1) is 11.7. The molecule has 0 aromatic heterocycles. The number of amides is 2. The molecule has 0 saturated carbocycles. The van der Waals surface area contributed by atoms with E-state index in [9.17, 15) is 27.9 Å². The van der Waals surface area contributed by atoms with Crippen LogP contribution in [0.1, 0.15) is 5.56 Å². The molecule has 1 N–H and O–H groups in total. The molecule has 4 atom stereocenters. The predicted octanol–water partition coefficient (Wildman–Crippen LogP) is 2.16. The second-order valence-electron chi connectivity index (χ2n) is 6.23. The highest BCUT2D eigenvalue weighted by Crippen LogP contribution is 2.53. The van der Waals surface area contributed by atoms with Crippen LogP contribution in [-0.4, -0.2) is 35.2 Å². The van der Waals surface area contributed by atoms with Crippen LogP contribution in [0.5, 0.6) is 0 Å². The number of anilines is 1. The van der Waals surface area contributed by atoms with Crippen LogP contribution in [-0.2, 0) is 20.5 Å². The second kappa shape index (κ2) is 5.06. The number of aliphatic hydroxyl groups excluding tert-OH is 1. The summed E-state index contributed by atoms with van der Waals surface area (Å²) < 4.78 is 44.5. The zero-order valence-corrected chi connectivity index (χ0v) is 13.2. The van der Waals surface area contributed by atoms with Gasteiger partial charge in [-0.05, 0) is 18.2 Å². The van der Waals surface area contributed by atoms with E-state index in [0.29, 0.717) is 11.0 Å². The van der Waals surface area contributed by atoms with Crippen molar-refractivity contribution < 1.29 is 32.6 Å². The number of hydrogen-bond donors (Lipinski definition) is 1. The number of ether oxygens (including phenoxy) is 1. The molecule has 2 saturated heterocycles. The zero-order chi connectivity index (χ0) is 18.1. The molecule has 9 heteroatoms. The topological polar surface area (TPSA) is 66.8 Å². The van der Waals surface area contributed by atoms with Gasteiger partial charge in [0.25, 0.3) is 0 Å². The normalized spacial score (nSPS) is 33.5. The maximum Gasteiger partial charge on any atom is 0.416 e. The summed E-state index contributed by atoms with van der Waals surface area (Å²) >= 11 is 5.96. The van der Waals surface area contributed by atoms with Crippen LogP contribution in [0.25, 0.3) is 0 Å². The minimum absolute atomic E-state index is 0.144. The van der Waals surface area contributed by atoms with Crippen molar-refractivity contribution in [1.82, 2.24) is 0 Å². The van der Waals surface area contributed by atoms with Gasteiger partial charge < -0.3 is 9.84 Å². The maximum absolute atomic E-state index is 13.0. The lowest BCUT2D eigenvalue weighted by atomic mass is 9.77. The van der Waals surface area contributed by atoms with Crippen molar-refractivity contribution in [2.45, 2.75) is 17.9 Å². The van der Waals surface area contributed by atoms with E-state index in [-0.39, 0.29) is 10.7 Å². The third-order valence-electron chi connectivity index (χ3n) is 4.92. The van der Waals surface area contributed by atoms with E-state index in [1.165, 1.54) is 6.08 Å². The number of benzene rings is 1. The minimum atomic E-state index is -4.64. The van der Waals surface area contributed by atoms with Crippen molar-refractivity contribution in [1.29, 1.82) is 0 Å². The van der Waals surface area contributed by atoms with E-state index in [0.717, 1.165) is 12.1 Å². The molecular weight excluding hydrogens is 363 g/mol. The smallest absolute Gasteiger partial charge is 0.393 e. The summed E-state index contributed by atoms with van der Waals surface area (Å²) in [4.78, 5) is 26.2. The highest BCUT2D eigenvalue weighted by molar-refractivity contribution is 6.36. The fourth-order valence-electron chi connectivity index (χ4n) is 3.78. The molecule has 132 valence electrons. The molecule has 1 aromatic rings. The molecule has 2 amide bonds. The van der Waals surface area contributed by atoms with E-state index >= 15 is 0 Å². The van der Waals surface area contributed by atoms with Gasteiger partial charge in [-0.3, -0.25) is 9.59 Å². The first-order valence-electron chi connectivity index (χ1n) is 7.42. The number of rotatable bonds is 2. The Labute approximate surface area is 144 Å². The largest absolute Gasteiger partial charge is 0.416 e. The molecule has 0 radical (unpaired) electrons. The number of halogens is 4. The van der Waals surface area contributed by atoms with Gasteiger partial charge in [0.15, 0.2) is 0 Å². The van der Waals surface area contributed by atoms with Gasteiger partial charge in [0.2, 0.25) is 11.8 Å². The van der Waals surface area contributed by atoms with Gasteiger partial charge in [0.1, 0.15) is 5.60 Å². The molecule has 3 heterocycles. The molecule has 3 aliphatic heterocycles. The monoisotopic (exact) mass is 373 g/mol. The molecule has 25 heavy (non-hydrogen) atoms. The predicted molar refractivity (Wildman–Crippen MR) is 79.8 cm³/mol. The third kappa shape index (κ3) is 2.11. The first-order valence-corrected chi connectivity index (χ1v) is 7.80. The van der Waals surface area contributed by atoms with Crippen molar-refractivity contribution in [2.24, 2.45) is 11.8 Å². The zero-order valence-electron chi connectivity index (χ0n) is 12.5. The van der Waals surface area contributed by atoms with E-state index in [4.69, 9.17) is 16.3 Å². The highest BCUT2D eigenvalue weighted by atomic mass is 35.5. The SMILES string of the molecule is O=C1[C@@H]2[C@H]3C=C[C@@](CO)(O3)[C@H]2C(=O)N1c1cc(C(F)(F)F)ccc1Cl. The number of imide groups is 1. The first kappa shape index (κ1) is 16.6. The molecule has 4 rings (SSSR count). The standard InChI is InChI=1S/C16H11ClF3NO4/c17-8-2-1-7(16(18,19)20)5-9(8)21-13(23)11-10-3-4-15(6-22,25-10)12(11)14(21)24/h1-5,10-12,22H,6H2/t10-,11-,12-,15+/m1/s1. The lowest BCUT2D eigenvalue weighted by Gasteiger charge is -2.26. The summed E-state index contributed by atoms with van der Waals surface area (Å²) in [5.41, 5.74) is -2.64. The average Bonchev–Trinajstić information content (AvgIpc) is 3.19. The Bertz CT molecular complexity index is 824. The Morgan fingerprint density at radius 3 is 2.64 bits per heavy atom.